The highest BCUT2D eigenvalue weighted by atomic mass is 16.5. The Kier molecular flexibility index (Phi) is 6.87. The van der Waals surface area contributed by atoms with E-state index < -0.39 is 6.10 Å². The monoisotopic (exact) mass is 341 g/mol. The zero-order valence-corrected chi connectivity index (χ0v) is 15.4. The van der Waals surface area contributed by atoms with Crippen molar-refractivity contribution in [2.24, 2.45) is 0 Å². The summed E-state index contributed by atoms with van der Waals surface area (Å²) in [6, 6.07) is 15.7. The number of rotatable bonds is 8. The molecule has 25 heavy (non-hydrogen) atoms. The number of carbonyl (C=O) groups excluding carboxylic acids is 1. The van der Waals surface area contributed by atoms with E-state index in [9.17, 15) is 4.79 Å². The van der Waals surface area contributed by atoms with Crippen molar-refractivity contribution in [1.82, 2.24) is 5.32 Å². The molecule has 1 unspecified atom stereocenters. The van der Waals surface area contributed by atoms with Gasteiger partial charge in [-0.3, -0.25) is 4.79 Å². The van der Waals surface area contributed by atoms with Crippen LogP contribution >= 0.6 is 0 Å². The number of nitrogens with one attached hydrogen (secondary N) is 1. The summed E-state index contributed by atoms with van der Waals surface area (Å²) in [4.78, 5) is 12.2. The van der Waals surface area contributed by atoms with Gasteiger partial charge in [0.15, 0.2) is 6.10 Å². The van der Waals surface area contributed by atoms with Gasteiger partial charge in [0.2, 0.25) is 0 Å². The van der Waals surface area contributed by atoms with Crippen LogP contribution < -0.4 is 14.8 Å². The fourth-order valence-electron chi connectivity index (χ4n) is 2.50. The van der Waals surface area contributed by atoms with E-state index in [1.54, 1.807) is 6.92 Å². The van der Waals surface area contributed by atoms with Crippen LogP contribution in [0, 0.1) is 6.92 Å². The van der Waals surface area contributed by atoms with Gasteiger partial charge in [0, 0.05) is 0 Å². The van der Waals surface area contributed by atoms with Gasteiger partial charge in [-0.15, -0.1) is 0 Å². The lowest BCUT2D eigenvalue weighted by Gasteiger charge is -2.17. The molecule has 0 fully saturated rings. The smallest absolute Gasteiger partial charge is 0.260 e. The summed E-state index contributed by atoms with van der Waals surface area (Å²) in [6.45, 7) is 8.83. The van der Waals surface area contributed by atoms with Crippen molar-refractivity contribution in [1.29, 1.82) is 0 Å². The lowest BCUT2D eigenvalue weighted by atomic mass is 10.0. The van der Waals surface area contributed by atoms with Crippen LogP contribution in [0.4, 0.5) is 0 Å². The lowest BCUT2D eigenvalue weighted by Crippen LogP contribution is -2.38. The van der Waals surface area contributed by atoms with E-state index in [0.29, 0.717) is 19.1 Å². The molecular formula is C21H27NO3. The molecule has 0 saturated carbocycles. The molecule has 0 aromatic heterocycles. The molecule has 134 valence electrons. The SMILES string of the molecule is Cc1ccccc1OC(C)C(=O)NCCOc1ccccc1C(C)C. The summed E-state index contributed by atoms with van der Waals surface area (Å²) in [6.07, 6.45) is -0.552. The third kappa shape index (κ3) is 5.52. The lowest BCUT2D eigenvalue weighted by molar-refractivity contribution is -0.127. The van der Waals surface area contributed by atoms with Crippen molar-refractivity contribution in [2.75, 3.05) is 13.2 Å². The van der Waals surface area contributed by atoms with Crippen molar-refractivity contribution in [3.63, 3.8) is 0 Å². The number of benzene rings is 2. The molecule has 0 bridgehead atoms. The molecule has 1 N–H and O–H groups in total. The maximum absolute atomic E-state index is 12.2. The molecule has 0 heterocycles. The standard InChI is InChI=1S/C21H27NO3/c1-15(2)18-10-6-8-12-20(18)24-14-13-22-21(23)17(4)25-19-11-7-5-9-16(19)3/h5-12,15,17H,13-14H2,1-4H3,(H,22,23). The van der Waals surface area contributed by atoms with Crippen LogP contribution in [0.1, 0.15) is 37.8 Å². The zero-order valence-electron chi connectivity index (χ0n) is 15.4. The summed E-state index contributed by atoms with van der Waals surface area (Å²) < 4.78 is 11.5. The Morgan fingerprint density at radius 1 is 1.00 bits per heavy atom. The van der Waals surface area contributed by atoms with E-state index in [4.69, 9.17) is 9.47 Å². The second-order valence-corrected chi connectivity index (χ2v) is 6.36. The van der Waals surface area contributed by atoms with E-state index in [0.717, 1.165) is 17.1 Å². The van der Waals surface area contributed by atoms with Gasteiger partial charge in [-0.1, -0.05) is 50.2 Å². The average Bonchev–Trinajstić information content (AvgIpc) is 2.60. The van der Waals surface area contributed by atoms with Crippen molar-refractivity contribution in [2.45, 2.75) is 39.7 Å². The molecular weight excluding hydrogens is 314 g/mol. The van der Waals surface area contributed by atoms with Crippen LogP contribution in [0.25, 0.3) is 0 Å². The largest absolute Gasteiger partial charge is 0.491 e. The molecule has 1 amide bonds. The van der Waals surface area contributed by atoms with Crippen molar-refractivity contribution in [3.05, 3.63) is 59.7 Å². The number of carbonyl (C=O) groups is 1. The Morgan fingerprint density at radius 2 is 1.64 bits per heavy atom. The Labute approximate surface area is 150 Å². The highest BCUT2D eigenvalue weighted by Crippen LogP contribution is 2.25. The number of hydrogen-bond acceptors (Lipinski definition) is 3. The molecule has 4 nitrogen and oxygen atoms in total. The molecule has 2 aromatic rings. The van der Waals surface area contributed by atoms with Crippen molar-refractivity contribution in [3.8, 4) is 11.5 Å². The minimum atomic E-state index is -0.552. The van der Waals surface area contributed by atoms with Gasteiger partial charge < -0.3 is 14.8 Å². The van der Waals surface area contributed by atoms with E-state index in [2.05, 4.69) is 25.2 Å². The molecule has 0 aliphatic rings. The number of hydrogen-bond donors (Lipinski definition) is 1. The first-order valence-corrected chi connectivity index (χ1v) is 8.70. The van der Waals surface area contributed by atoms with E-state index in [-0.39, 0.29) is 5.91 Å². The third-order valence-corrected chi connectivity index (χ3v) is 3.97. The summed E-state index contributed by atoms with van der Waals surface area (Å²) >= 11 is 0. The fraction of sp³-hybridized carbons (Fsp3) is 0.381. The molecule has 4 heteroatoms. The van der Waals surface area contributed by atoms with Gasteiger partial charge in [0.05, 0.1) is 6.54 Å². The van der Waals surface area contributed by atoms with Crippen LogP contribution in [0.5, 0.6) is 11.5 Å². The van der Waals surface area contributed by atoms with Crippen LogP contribution in [0.3, 0.4) is 0 Å². The predicted octanol–water partition coefficient (Wildman–Crippen LogP) is 4.08. The first-order chi connectivity index (χ1) is 12.0. The van der Waals surface area contributed by atoms with Crippen LogP contribution in [-0.4, -0.2) is 25.2 Å². The fourth-order valence-corrected chi connectivity index (χ4v) is 2.50. The number of ether oxygens (including phenoxy) is 2. The summed E-state index contributed by atoms with van der Waals surface area (Å²) in [5, 5.41) is 2.85. The van der Waals surface area contributed by atoms with E-state index in [1.807, 2.05) is 49.4 Å². The molecule has 1 atom stereocenters. The maximum Gasteiger partial charge on any atom is 0.260 e. The van der Waals surface area contributed by atoms with E-state index >= 15 is 0 Å². The first-order valence-electron chi connectivity index (χ1n) is 8.70. The normalized spacial score (nSPS) is 11.9. The van der Waals surface area contributed by atoms with Gasteiger partial charge in [0.1, 0.15) is 18.1 Å². The number of amides is 1. The molecule has 2 aromatic carbocycles. The summed E-state index contributed by atoms with van der Waals surface area (Å²) in [5.41, 5.74) is 2.18. The zero-order chi connectivity index (χ0) is 18.2. The van der Waals surface area contributed by atoms with Gasteiger partial charge in [-0.25, -0.2) is 0 Å². The van der Waals surface area contributed by atoms with Crippen molar-refractivity contribution >= 4 is 5.91 Å². The Balaban J connectivity index is 1.78. The summed E-state index contributed by atoms with van der Waals surface area (Å²) in [5.74, 6) is 1.85. The van der Waals surface area contributed by atoms with E-state index in [1.165, 1.54) is 5.56 Å². The van der Waals surface area contributed by atoms with Gasteiger partial charge >= 0.3 is 0 Å². The highest BCUT2D eigenvalue weighted by Gasteiger charge is 2.15. The Bertz CT molecular complexity index is 697. The van der Waals surface area contributed by atoms with Gasteiger partial charge in [-0.2, -0.15) is 0 Å². The summed E-state index contributed by atoms with van der Waals surface area (Å²) in [7, 11) is 0. The maximum atomic E-state index is 12.2. The predicted molar refractivity (Wildman–Crippen MR) is 100 cm³/mol. The highest BCUT2D eigenvalue weighted by molar-refractivity contribution is 5.80. The third-order valence-electron chi connectivity index (χ3n) is 3.97. The number of para-hydroxylation sites is 2. The molecule has 0 saturated heterocycles. The van der Waals surface area contributed by atoms with Crippen LogP contribution in [-0.2, 0) is 4.79 Å². The first kappa shape index (κ1) is 18.8. The topological polar surface area (TPSA) is 47.6 Å². The molecule has 2 rings (SSSR count). The molecule has 0 aliphatic heterocycles. The minimum Gasteiger partial charge on any atom is -0.491 e. The van der Waals surface area contributed by atoms with Crippen LogP contribution in [0.15, 0.2) is 48.5 Å². The quantitative estimate of drug-likeness (QED) is 0.736. The molecule has 0 aliphatic carbocycles. The average molecular weight is 341 g/mol. The Morgan fingerprint density at radius 3 is 2.32 bits per heavy atom. The minimum absolute atomic E-state index is 0.149. The Hall–Kier alpha value is -2.49. The second-order valence-electron chi connectivity index (χ2n) is 6.36. The molecule has 0 radical (unpaired) electrons. The molecule has 0 spiro atoms. The number of aryl methyl sites for hydroxylation is 1. The van der Waals surface area contributed by atoms with Gasteiger partial charge in [-0.05, 0) is 43.0 Å². The second kappa shape index (κ2) is 9.11. The van der Waals surface area contributed by atoms with Crippen molar-refractivity contribution < 1.29 is 14.3 Å². The van der Waals surface area contributed by atoms with Gasteiger partial charge in [0.25, 0.3) is 5.91 Å². The van der Waals surface area contributed by atoms with Crippen LogP contribution in [0.2, 0.25) is 0 Å².